The molecule has 1 atom stereocenters. The predicted octanol–water partition coefficient (Wildman–Crippen LogP) is 4.41. The topological polar surface area (TPSA) is 0 Å². The summed E-state index contributed by atoms with van der Waals surface area (Å²) in [6.45, 7) is 11.2. The number of rotatable bonds is 3. The van der Waals surface area contributed by atoms with E-state index in [0.29, 0.717) is 5.92 Å². The van der Waals surface area contributed by atoms with Crippen LogP contribution < -0.4 is 0 Å². The fourth-order valence-electron chi connectivity index (χ4n) is 2.06. The van der Waals surface area contributed by atoms with E-state index in [9.17, 15) is 0 Å². The van der Waals surface area contributed by atoms with Crippen LogP contribution in [0.1, 0.15) is 49.8 Å². The van der Waals surface area contributed by atoms with Gasteiger partial charge in [0, 0.05) is 0 Å². The maximum atomic E-state index is 2.31. The quantitative estimate of drug-likeness (QED) is 0.660. The molecule has 1 rings (SSSR count). The van der Waals surface area contributed by atoms with Crippen LogP contribution in [-0.2, 0) is 0 Å². The monoisotopic (exact) mass is 189 g/mol. The molecule has 0 fully saturated rings. The normalized spacial score (nSPS) is 13.3. The van der Waals surface area contributed by atoms with Gasteiger partial charge < -0.3 is 0 Å². The van der Waals surface area contributed by atoms with Gasteiger partial charge in [0.1, 0.15) is 0 Å². The molecular weight excluding hydrogens is 168 g/mol. The zero-order valence-corrected chi connectivity index (χ0v) is 10.0. The van der Waals surface area contributed by atoms with E-state index in [1.54, 1.807) is 5.92 Å². The van der Waals surface area contributed by atoms with Crippen LogP contribution in [-0.4, -0.2) is 0 Å². The van der Waals surface area contributed by atoms with E-state index < -0.39 is 0 Å². The lowest BCUT2D eigenvalue weighted by Gasteiger charge is -2.22. The van der Waals surface area contributed by atoms with Crippen molar-refractivity contribution in [2.24, 2.45) is 0 Å². The molecule has 0 aliphatic heterocycles. The molecule has 77 valence electrons. The molecule has 0 heteroatoms. The minimum atomic E-state index is 0.598. The summed E-state index contributed by atoms with van der Waals surface area (Å²) < 4.78 is 0. The first-order valence-corrected chi connectivity index (χ1v) is 5.46. The number of aryl methyl sites for hydroxylation is 2. The summed E-state index contributed by atoms with van der Waals surface area (Å²) in [6.07, 6.45) is 1.18. The molecule has 0 aromatic heterocycles. The number of hydrogen-bond acceptors (Lipinski definition) is 0. The summed E-state index contributed by atoms with van der Waals surface area (Å²) in [7, 11) is 0. The minimum Gasteiger partial charge on any atom is -0.0648 e. The Kier molecular flexibility index (Phi) is 3.74. The summed E-state index contributed by atoms with van der Waals surface area (Å²) in [5.74, 6) is 2.17. The first-order valence-electron chi connectivity index (χ1n) is 5.46. The predicted molar refractivity (Wildman–Crippen MR) is 63.5 cm³/mol. The third-order valence-electron chi connectivity index (χ3n) is 3.27. The second-order valence-corrected chi connectivity index (χ2v) is 4.23. The Balaban J connectivity index is 3.05. The van der Waals surface area contributed by atoms with Gasteiger partial charge in [0.2, 0.25) is 0 Å². The molecular formula is C14H21. The van der Waals surface area contributed by atoms with Crippen LogP contribution in [0.25, 0.3) is 0 Å². The van der Waals surface area contributed by atoms with E-state index in [4.69, 9.17) is 0 Å². The van der Waals surface area contributed by atoms with Crippen LogP contribution in [0.5, 0.6) is 0 Å². The van der Waals surface area contributed by atoms with Crippen molar-refractivity contribution in [1.82, 2.24) is 0 Å². The highest BCUT2D eigenvalue weighted by molar-refractivity contribution is 5.38. The molecule has 0 bridgehead atoms. The van der Waals surface area contributed by atoms with Gasteiger partial charge >= 0.3 is 0 Å². The van der Waals surface area contributed by atoms with Crippen molar-refractivity contribution >= 4 is 0 Å². The van der Waals surface area contributed by atoms with E-state index in [1.165, 1.54) is 23.1 Å². The highest BCUT2D eigenvalue weighted by Gasteiger charge is 2.16. The first kappa shape index (κ1) is 11.3. The lowest BCUT2D eigenvalue weighted by molar-refractivity contribution is 0.705. The molecule has 0 nitrogen and oxygen atoms in total. The summed E-state index contributed by atoms with van der Waals surface area (Å²) in [6, 6.07) is 6.56. The van der Waals surface area contributed by atoms with Crippen molar-refractivity contribution < 1.29 is 0 Å². The number of hydrogen-bond donors (Lipinski definition) is 0. The van der Waals surface area contributed by atoms with Crippen LogP contribution in [0, 0.1) is 19.8 Å². The highest BCUT2D eigenvalue weighted by atomic mass is 14.2. The van der Waals surface area contributed by atoms with Crippen LogP contribution >= 0.6 is 0 Å². The van der Waals surface area contributed by atoms with Crippen molar-refractivity contribution in [1.29, 1.82) is 0 Å². The van der Waals surface area contributed by atoms with Gasteiger partial charge in [-0.1, -0.05) is 39.0 Å². The van der Waals surface area contributed by atoms with Gasteiger partial charge in [-0.25, -0.2) is 0 Å². The van der Waals surface area contributed by atoms with Gasteiger partial charge in [-0.3, -0.25) is 0 Å². The van der Waals surface area contributed by atoms with Crippen molar-refractivity contribution in [2.45, 2.75) is 47.0 Å². The van der Waals surface area contributed by atoms with Crippen LogP contribution in [0.3, 0.4) is 0 Å². The van der Waals surface area contributed by atoms with Crippen LogP contribution in [0.4, 0.5) is 0 Å². The SMILES string of the molecule is CC[C](C)C(C)c1c(C)cccc1C. The lowest BCUT2D eigenvalue weighted by Crippen LogP contribution is -2.06. The van der Waals surface area contributed by atoms with Gasteiger partial charge in [0.05, 0.1) is 0 Å². The summed E-state index contributed by atoms with van der Waals surface area (Å²) in [4.78, 5) is 0. The Labute approximate surface area is 88.4 Å². The second kappa shape index (κ2) is 4.63. The van der Waals surface area contributed by atoms with Gasteiger partial charge in [-0.15, -0.1) is 0 Å². The molecule has 0 aliphatic carbocycles. The van der Waals surface area contributed by atoms with Gasteiger partial charge in [-0.2, -0.15) is 0 Å². The molecule has 1 unspecified atom stereocenters. The molecule has 1 aromatic rings. The minimum absolute atomic E-state index is 0.598. The van der Waals surface area contributed by atoms with Crippen molar-refractivity contribution in [3.63, 3.8) is 0 Å². The fraction of sp³-hybridized carbons (Fsp3) is 0.500. The Hall–Kier alpha value is -0.780. The largest absolute Gasteiger partial charge is 0.0648 e. The molecule has 1 aromatic carbocycles. The smallest absolute Gasteiger partial charge is 0.0126 e. The fourth-order valence-corrected chi connectivity index (χ4v) is 2.06. The third-order valence-corrected chi connectivity index (χ3v) is 3.27. The molecule has 0 aliphatic rings. The van der Waals surface area contributed by atoms with Crippen molar-refractivity contribution in [3.05, 3.63) is 40.8 Å². The molecule has 0 heterocycles. The van der Waals surface area contributed by atoms with E-state index in [2.05, 4.69) is 52.8 Å². The Morgan fingerprint density at radius 1 is 1.21 bits per heavy atom. The van der Waals surface area contributed by atoms with Crippen molar-refractivity contribution in [2.75, 3.05) is 0 Å². The zero-order valence-electron chi connectivity index (χ0n) is 10.0. The van der Waals surface area contributed by atoms with Crippen LogP contribution in [0.2, 0.25) is 0 Å². The zero-order chi connectivity index (χ0) is 10.7. The summed E-state index contributed by atoms with van der Waals surface area (Å²) >= 11 is 0. The third kappa shape index (κ3) is 2.17. The van der Waals surface area contributed by atoms with Gasteiger partial charge in [0.25, 0.3) is 0 Å². The van der Waals surface area contributed by atoms with Gasteiger partial charge in [0.15, 0.2) is 0 Å². The first-order chi connectivity index (χ1) is 6.57. The molecule has 0 N–H and O–H groups in total. The second-order valence-electron chi connectivity index (χ2n) is 4.23. The molecule has 1 radical (unpaired) electrons. The molecule has 14 heavy (non-hydrogen) atoms. The van der Waals surface area contributed by atoms with E-state index >= 15 is 0 Å². The Morgan fingerprint density at radius 2 is 1.71 bits per heavy atom. The van der Waals surface area contributed by atoms with E-state index in [-0.39, 0.29) is 0 Å². The van der Waals surface area contributed by atoms with E-state index in [0.717, 1.165) is 0 Å². The Bertz CT molecular complexity index is 279. The van der Waals surface area contributed by atoms with Crippen LogP contribution in [0.15, 0.2) is 18.2 Å². The lowest BCUT2D eigenvalue weighted by atomic mass is 9.83. The maximum absolute atomic E-state index is 2.31. The van der Waals surface area contributed by atoms with Crippen molar-refractivity contribution in [3.8, 4) is 0 Å². The van der Waals surface area contributed by atoms with E-state index in [1.807, 2.05) is 0 Å². The van der Waals surface area contributed by atoms with Gasteiger partial charge in [-0.05, 0) is 48.8 Å². The highest BCUT2D eigenvalue weighted by Crippen LogP contribution is 2.32. The molecule has 0 amide bonds. The maximum Gasteiger partial charge on any atom is -0.0126 e. The summed E-state index contributed by atoms with van der Waals surface area (Å²) in [5, 5.41) is 0. The average Bonchev–Trinajstić information content (AvgIpc) is 2.16. The standard InChI is InChI=1S/C14H21/c1-6-10(2)13(5)14-11(3)8-7-9-12(14)4/h7-9,13H,6H2,1-5H3. The molecule has 0 saturated heterocycles. The molecule has 0 saturated carbocycles. The Morgan fingerprint density at radius 3 is 2.14 bits per heavy atom. The molecule has 0 spiro atoms. The average molecular weight is 189 g/mol. The summed E-state index contributed by atoms with van der Waals surface area (Å²) in [5.41, 5.74) is 4.36. The number of benzene rings is 1.